The van der Waals surface area contributed by atoms with Crippen LogP contribution in [0.5, 0.6) is 0 Å². The Morgan fingerprint density at radius 2 is 1.79 bits per heavy atom. The molecule has 4 nitrogen and oxygen atoms in total. The topological polar surface area (TPSA) is 55.8 Å². The summed E-state index contributed by atoms with van der Waals surface area (Å²) < 4.78 is 11.2. The van der Waals surface area contributed by atoms with E-state index in [4.69, 9.17) is 9.16 Å². The molecule has 0 aliphatic rings. The largest absolute Gasteiger partial charge is 0.520 e. The normalized spacial score (nSPS) is 13.9. The lowest BCUT2D eigenvalue weighted by Crippen LogP contribution is -2.28. The van der Waals surface area contributed by atoms with Crippen LogP contribution in [0.25, 0.3) is 0 Å². The molecule has 0 saturated carbocycles. The van der Waals surface area contributed by atoms with Gasteiger partial charge in [-0.25, -0.2) is 0 Å². The lowest BCUT2D eigenvalue weighted by atomic mass is 9.81. The van der Waals surface area contributed by atoms with Gasteiger partial charge in [-0.1, -0.05) is 13.8 Å². The zero-order valence-electron chi connectivity index (χ0n) is 13.3. The summed E-state index contributed by atoms with van der Waals surface area (Å²) >= 11 is 0. The average molecular weight is 288 g/mol. The van der Waals surface area contributed by atoms with Crippen LogP contribution in [-0.4, -0.2) is 32.9 Å². The Hall–Kier alpha value is -0.813. The van der Waals surface area contributed by atoms with Crippen LogP contribution in [0.1, 0.15) is 33.6 Å². The third kappa shape index (κ3) is 6.78. The maximum absolute atomic E-state index is 11.6. The van der Waals surface area contributed by atoms with E-state index in [0.29, 0.717) is 18.8 Å². The first kappa shape index (κ1) is 18.2. The van der Waals surface area contributed by atoms with Crippen LogP contribution in [0.15, 0.2) is 11.5 Å². The summed E-state index contributed by atoms with van der Waals surface area (Å²) in [6.07, 6.45) is 1.00. The van der Waals surface area contributed by atoms with E-state index < -0.39 is 13.7 Å². The molecule has 19 heavy (non-hydrogen) atoms. The lowest BCUT2D eigenvalue weighted by molar-refractivity contribution is -0.124. The van der Waals surface area contributed by atoms with Crippen LogP contribution in [0.4, 0.5) is 0 Å². The molecule has 0 fully saturated rings. The molecule has 0 aromatic carbocycles. The Bertz CT molecular complexity index is 340. The molecule has 0 aliphatic heterocycles. The van der Waals surface area contributed by atoms with Crippen molar-refractivity contribution in [2.45, 2.75) is 53.3 Å². The third-order valence-corrected chi connectivity index (χ3v) is 3.69. The van der Waals surface area contributed by atoms with Gasteiger partial charge in [0, 0.05) is 17.6 Å². The number of Topliss-reactive ketones (excluding diaryl/α,β-unsaturated/α-hetero) is 1. The molecular formula is C14H28O4Si. The first-order chi connectivity index (χ1) is 8.53. The van der Waals surface area contributed by atoms with Crippen molar-refractivity contribution in [3.05, 3.63) is 11.5 Å². The fraction of sp³-hybridized carbons (Fsp3) is 0.786. The van der Waals surface area contributed by atoms with Crippen LogP contribution >= 0.6 is 0 Å². The van der Waals surface area contributed by atoms with E-state index in [9.17, 15) is 9.90 Å². The summed E-state index contributed by atoms with van der Waals surface area (Å²) in [7, 11) is -0.222. The molecule has 0 atom stereocenters. The number of ketones is 1. The maximum Gasteiger partial charge on any atom is 0.264 e. The fourth-order valence-corrected chi connectivity index (χ4v) is 2.38. The number of aliphatic hydroxyl groups excluding tert-OH is 1. The van der Waals surface area contributed by atoms with Crippen LogP contribution in [0, 0.1) is 5.41 Å². The molecule has 0 rings (SSSR count). The van der Waals surface area contributed by atoms with Gasteiger partial charge < -0.3 is 14.3 Å². The minimum absolute atomic E-state index is 0.0191. The summed E-state index contributed by atoms with van der Waals surface area (Å²) in [5.41, 5.74) is 0.393. The third-order valence-electron chi connectivity index (χ3n) is 2.89. The van der Waals surface area contributed by atoms with Gasteiger partial charge >= 0.3 is 0 Å². The number of carbonyl (C=O) groups excluding carboxylic acids is 1. The molecule has 0 saturated heterocycles. The van der Waals surface area contributed by atoms with Crippen molar-refractivity contribution >= 4 is 14.1 Å². The Balaban J connectivity index is 5.29. The molecule has 0 heterocycles. The fourth-order valence-electron chi connectivity index (χ4n) is 1.59. The van der Waals surface area contributed by atoms with Gasteiger partial charge in [-0.15, -0.1) is 0 Å². The van der Waals surface area contributed by atoms with Crippen LogP contribution in [0.3, 0.4) is 0 Å². The average Bonchev–Trinajstić information content (AvgIpc) is 2.23. The van der Waals surface area contributed by atoms with Gasteiger partial charge in [0.2, 0.25) is 8.32 Å². The quantitative estimate of drug-likeness (QED) is 0.551. The highest BCUT2D eigenvalue weighted by atomic mass is 28.4. The maximum atomic E-state index is 11.6. The molecule has 0 radical (unpaired) electrons. The molecule has 0 bridgehead atoms. The van der Waals surface area contributed by atoms with Gasteiger partial charge in [0.1, 0.15) is 5.78 Å². The van der Waals surface area contributed by atoms with Crippen LogP contribution in [0.2, 0.25) is 19.6 Å². The van der Waals surface area contributed by atoms with Crippen LogP contribution in [-0.2, 0) is 14.0 Å². The summed E-state index contributed by atoms with van der Waals surface area (Å²) in [5, 5.41) is 9.20. The number of methoxy groups -OCH3 is 1. The van der Waals surface area contributed by atoms with Gasteiger partial charge in [-0.2, -0.15) is 0 Å². The van der Waals surface area contributed by atoms with Crippen molar-refractivity contribution in [3.8, 4) is 0 Å². The van der Waals surface area contributed by atoms with Gasteiger partial charge in [0.15, 0.2) is 0 Å². The second-order valence-corrected chi connectivity index (χ2v) is 10.8. The number of carbonyl (C=O) groups is 1. The Morgan fingerprint density at radius 3 is 2.11 bits per heavy atom. The SMILES string of the molecule is CO/C(O[Si](C)(C)C)=C(/CCO)CC(C)(C)C(C)=O. The lowest BCUT2D eigenvalue weighted by Gasteiger charge is -2.27. The molecule has 0 aliphatic carbocycles. The second kappa shape index (κ2) is 7.10. The highest BCUT2D eigenvalue weighted by Crippen LogP contribution is 2.31. The molecule has 0 aromatic rings. The molecular weight excluding hydrogens is 260 g/mol. The molecule has 0 aromatic heterocycles. The Kier molecular flexibility index (Phi) is 6.79. The monoisotopic (exact) mass is 288 g/mol. The van der Waals surface area contributed by atoms with E-state index in [1.807, 2.05) is 13.8 Å². The van der Waals surface area contributed by atoms with Crippen LogP contribution < -0.4 is 0 Å². The van der Waals surface area contributed by atoms with E-state index in [1.54, 1.807) is 14.0 Å². The van der Waals surface area contributed by atoms with Crippen molar-refractivity contribution in [3.63, 3.8) is 0 Å². The van der Waals surface area contributed by atoms with Crippen molar-refractivity contribution in [1.29, 1.82) is 0 Å². The van der Waals surface area contributed by atoms with E-state index in [0.717, 1.165) is 5.57 Å². The van der Waals surface area contributed by atoms with E-state index in [2.05, 4.69) is 19.6 Å². The minimum Gasteiger partial charge on any atom is -0.520 e. The standard InChI is InChI=1S/C14H28O4Si/c1-11(16)14(2,3)10-12(8-9-15)13(17-4)18-19(5,6)7/h15H,8-10H2,1-7H3/b13-12+. The van der Waals surface area contributed by atoms with Crippen molar-refractivity contribution in [2.75, 3.05) is 13.7 Å². The minimum atomic E-state index is -1.79. The molecule has 1 N–H and O–H groups in total. The summed E-state index contributed by atoms with van der Waals surface area (Å²) in [6.45, 7) is 11.6. The van der Waals surface area contributed by atoms with Crippen molar-refractivity contribution < 1.29 is 19.1 Å². The van der Waals surface area contributed by atoms with Gasteiger partial charge in [-0.3, -0.25) is 4.79 Å². The summed E-state index contributed by atoms with van der Waals surface area (Å²) in [5.74, 6) is 0.592. The molecule has 0 spiro atoms. The van der Waals surface area contributed by atoms with Gasteiger partial charge in [0.25, 0.3) is 5.95 Å². The predicted octanol–water partition coefficient (Wildman–Crippen LogP) is 3.08. The Morgan fingerprint density at radius 1 is 1.26 bits per heavy atom. The Labute approximate surface area is 117 Å². The first-order valence-corrected chi connectivity index (χ1v) is 10.0. The van der Waals surface area contributed by atoms with Crippen molar-refractivity contribution in [2.24, 2.45) is 5.41 Å². The molecule has 5 heteroatoms. The number of rotatable bonds is 8. The summed E-state index contributed by atoms with van der Waals surface area (Å²) in [6, 6.07) is 0. The molecule has 112 valence electrons. The highest BCUT2D eigenvalue weighted by molar-refractivity contribution is 6.70. The number of hydrogen-bond donors (Lipinski definition) is 1. The van der Waals surface area contributed by atoms with Gasteiger partial charge in [-0.05, 0) is 39.4 Å². The second-order valence-electron chi connectivity index (χ2n) is 6.40. The first-order valence-electron chi connectivity index (χ1n) is 6.60. The molecule has 0 amide bonds. The zero-order chi connectivity index (χ0) is 15.3. The molecule has 0 unspecified atom stereocenters. The smallest absolute Gasteiger partial charge is 0.264 e. The number of aliphatic hydroxyl groups is 1. The zero-order valence-corrected chi connectivity index (χ0v) is 14.3. The van der Waals surface area contributed by atoms with E-state index in [-0.39, 0.29) is 12.4 Å². The van der Waals surface area contributed by atoms with E-state index in [1.165, 1.54) is 0 Å². The van der Waals surface area contributed by atoms with Crippen molar-refractivity contribution in [1.82, 2.24) is 0 Å². The van der Waals surface area contributed by atoms with Gasteiger partial charge in [0.05, 0.1) is 7.11 Å². The summed E-state index contributed by atoms with van der Waals surface area (Å²) in [4.78, 5) is 11.6. The van der Waals surface area contributed by atoms with E-state index >= 15 is 0 Å². The number of ether oxygens (including phenoxy) is 1. The number of hydrogen-bond acceptors (Lipinski definition) is 4. The highest BCUT2D eigenvalue weighted by Gasteiger charge is 2.28. The predicted molar refractivity (Wildman–Crippen MR) is 79.2 cm³/mol.